The third-order valence-electron chi connectivity index (χ3n) is 8.23. The zero-order valence-electron chi connectivity index (χ0n) is 24.8. The van der Waals surface area contributed by atoms with E-state index in [9.17, 15) is 4.79 Å². The van der Waals surface area contributed by atoms with E-state index in [4.69, 9.17) is 14.5 Å². The summed E-state index contributed by atoms with van der Waals surface area (Å²) in [4.78, 5) is 20.6. The van der Waals surface area contributed by atoms with Gasteiger partial charge < -0.3 is 18.9 Å². The van der Waals surface area contributed by atoms with Gasteiger partial charge in [0.2, 0.25) is 5.60 Å². The number of hydrogen-bond acceptors (Lipinski definition) is 5. The highest BCUT2D eigenvalue weighted by Crippen LogP contribution is 2.54. The molecule has 0 saturated heterocycles. The lowest BCUT2D eigenvalue weighted by Crippen LogP contribution is -2.32. The smallest absolute Gasteiger partial charge is 0.341 e. The Morgan fingerprint density at radius 3 is 2.50 bits per heavy atom. The van der Waals surface area contributed by atoms with Crippen LogP contribution in [0.5, 0.6) is 5.75 Å². The highest BCUT2D eigenvalue weighted by atomic mass is 16.6. The first-order valence-electron chi connectivity index (χ1n) is 14.7. The predicted octanol–water partition coefficient (Wildman–Crippen LogP) is 7.73. The van der Waals surface area contributed by atoms with Crippen LogP contribution in [0.15, 0.2) is 91.1 Å². The number of aryl methyl sites for hydroxylation is 1. The Morgan fingerprint density at radius 2 is 1.71 bits per heavy atom. The standard InChI is InChI=1S/C36H37N3O3/c1-5-6-7-13-23-41-31-24-26(38(2)3)20-21-29(31)36(34-28(35(40)42-36)18-14-22-37-34)32-27-17-11-12-19-30(27)39(4)33(32)25-15-9-8-10-16-25/h8-12,14-22,24H,5-7,13,23H2,1-4H3. The Labute approximate surface area is 247 Å². The Kier molecular flexibility index (Phi) is 7.46. The van der Waals surface area contributed by atoms with E-state index >= 15 is 0 Å². The van der Waals surface area contributed by atoms with Gasteiger partial charge in [0.1, 0.15) is 11.4 Å². The molecule has 0 spiro atoms. The lowest BCUT2D eigenvalue weighted by atomic mass is 9.79. The fourth-order valence-corrected chi connectivity index (χ4v) is 6.17. The van der Waals surface area contributed by atoms with Gasteiger partial charge in [-0.3, -0.25) is 4.98 Å². The van der Waals surface area contributed by atoms with E-state index < -0.39 is 11.6 Å². The molecule has 2 aromatic heterocycles. The number of hydrogen-bond donors (Lipinski definition) is 0. The number of anilines is 1. The van der Waals surface area contributed by atoms with Gasteiger partial charge in [-0.1, -0.05) is 74.7 Å². The van der Waals surface area contributed by atoms with Crippen molar-refractivity contribution >= 4 is 22.6 Å². The number of ether oxygens (including phenoxy) is 2. The minimum absolute atomic E-state index is 0.393. The second kappa shape index (κ2) is 11.4. The van der Waals surface area contributed by atoms with Crippen LogP contribution in [-0.4, -0.2) is 36.2 Å². The summed E-state index contributed by atoms with van der Waals surface area (Å²) in [5, 5.41) is 0.996. The number of esters is 1. The van der Waals surface area contributed by atoms with Gasteiger partial charge in [-0.15, -0.1) is 0 Å². The SMILES string of the molecule is CCCCCCOc1cc(N(C)C)ccc1C1(c2c(-c3ccccc3)n(C)c3ccccc23)OC(=O)c2cccnc21. The van der Waals surface area contributed by atoms with E-state index in [-0.39, 0.29) is 0 Å². The maximum absolute atomic E-state index is 13.7. The van der Waals surface area contributed by atoms with Crippen molar-refractivity contribution in [3.8, 4) is 17.0 Å². The summed E-state index contributed by atoms with van der Waals surface area (Å²) in [6, 6.07) is 28.3. The predicted molar refractivity (Wildman–Crippen MR) is 168 cm³/mol. The van der Waals surface area contributed by atoms with E-state index in [1.165, 1.54) is 6.42 Å². The molecule has 0 fully saturated rings. The molecule has 0 N–H and O–H groups in total. The highest BCUT2D eigenvalue weighted by Gasteiger charge is 2.54. The molecule has 6 nitrogen and oxygen atoms in total. The largest absolute Gasteiger partial charge is 0.493 e. The Bertz CT molecular complexity index is 1740. The Morgan fingerprint density at radius 1 is 0.929 bits per heavy atom. The van der Waals surface area contributed by atoms with Gasteiger partial charge >= 0.3 is 5.97 Å². The van der Waals surface area contributed by atoms with Crippen molar-refractivity contribution < 1.29 is 14.3 Å². The topological polar surface area (TPSA) is 56.6 Å². The van der Waals surface area contributed by atoms with E-state index in [2.05, 4.69) is 59.8 Å². The summed E-state index contributed by atoms with van der Waals surface area (Å²) in [6.07, 6.45) is 6.12. The van der Waals surface area contributed by atoms with E-state index in [1.807, 2.05) is 50.5 Å². The first-order valence-corrected chi connectivity index (χ1v) is 14.7. The van der Waals surface area contributed by atoms with Gasteiger partial charge in [-0.2, -0.15) is 0 Å². The molecule has 6 rings (SSSR count). The molecule has 0 saturated carbocycles. The van der Waals surface area contributed by atoms with Crippen LogP contribution in [0, 0.1) is 0 Å². The third kappa shape index (κ3) is 4.51. The number of aromatic nitrogens is 2. The monoisotopic (exact) mass is 559 g/mol. The minimum Gasteiger partial charge on any atom is -0.493 e. The van der Waals surface area contributed by atoms with Crippen LogP contribution in [0.1, 0.15) is 59.8 Å². The van der Waals surface area contributed by atoms with Crippen LogP contribution >= 0.6 is 0 Å². The molecule has 1 aliphatic rings. The molecule has 0 aliphatic carbocycles. The maximum Gasteiger partial charge on any atom is 0.341 e. The molecule has 42 heavy (non-hydrogen) atoms. The Hall–Kier alpha value is -4.58. The normalized spacial score (nSPS) is 16.0. The average Bonchev–Trinajstić information content (AvgIpc) is 3.49. The number of benzene rings is 3. The summed E-state index contributed by atoms with van der Waals surface area (Å²) in [5.41, 5.74) is 5.40. The van der Waals surface area contributed by atoms with Gasteiger partial charge in [0, 0.05) is 61.1 Å². The van der Waals surface area contributed by atoms with Gasteiger partial charge in [-0.05, 0) is 42.3 Å². The van der Waals surface area contributed by atoms with Crippen molar-refractivity contribution in [1.82, 2.24) is 9.55 Å². The van der Waals surface area contributed by atoms with E-state index in [1.54, 1.807) is 18.3 Å². The van der Waals surface area contributed by atoms with Gasteiger partial charge in [0.05, 0.1) is 17.9 Å². The second-order valence-electron chi connectivity index (χ2n) is 11.1. The highest BCUT2D eigenvalue weighted by molar-refractivity contribution is 6.00. The molecule has 1 aliphatic heterocycles. The quantitative estimate of drug-likeness (QED) is 0.129. The van der Waals surface area contributed by atoms with Gasteiger partial charge in [0.25, 0.3) is 0 Å². The van der Waals surface area contributed by atoms with Crippen LogP contribution < -0.4 is 9.64 Å². The number of para-hydroxylation sites is 1. The number of rotatable bonds is 10. The second-order valence-corrected chi connectivity index (χ2v) is 11.1. The lowest BCUT2D eigenvalue weighted by molar-refractivity contribution is 0.0241. The average molecular weight is 560 g/mol. The number of nitrogens with zero attached hydrogens (tertiary/aromatic N) is 3. The summed E-state index contributed by atoms with van der Waals surface area (Å²) in [5.74, 6) is 0.298. The van der Waals surface area contributed by atoms with Crippen LogP contribution in [-0.2, 0) is 17.4 Å². The number of carbonyl (C=O) groups excluding carboxylic acids is 1. The molecule has 0 radical (unpaired) electrons. The molecule has 6 heteroatoms. The number of pyridine rings is 1. The van der Waals surface area contributed by atoms with Gasteiger partial charge in [0.15, 0.2) is 0 Å². The molecule has 214 valence electrons. The number of cyclic esters (lactones) is 1. The minimum atomic E-state index is -1.33. The van der Waals surface area contributed by atoms with Crippen LogP contribution in [0.25, 0.3) is 22.2 Å². The molecule has 0 amide bonds. The van der Waals surface area contributed by atoms with Crippen molar-refractivity contribution in [2.45, 2.75) is 38.2 Å². The third-order valence-corrected chi connectivity index (χ3v) is 8.23. The van der Waals surface area contributed by atoms with Crippen LogP contribution in [0.2, 0.25) is 0 Å². The molecular weight excluding hydrogens is 522 g/mol. The first kappa shape index (κ1) is 27.6. The summed E-state index contributed by atoms with van der Waals surface area (Å²) >= 11 is 0. The summed E-state index contributed by atoms with van der Waals surface area (Å²) < 4.78 is 15.4. The number of unbranched alkanes of at least 4 members (excludes halogenated alkanes) is 3. The fourth-order valence-electron chi connectivity index (χ4n) is 6.17. The lowest BCUT2D eigenvalue weighted by Gasteiger charge is -2.32. The summed E-state index contributed by atoms with van der Waals surface area (Å²) in [6.45, 7) is 2.78. The van der Waals surface area contributed by atoms with E-state index in [0.29, 0.717) is 23.6 Å². The van der Waals surface area contributed by atoms with Crippen molar-refractivity contribution in [3.05, 3.63) is 114 Å². The molecule has 3 aromatic carbocycles. The zero-order valence-corrected chi connectivity index (χ0v) is 24.8. The van der Waals surface area contributed by atoms with Crippen molar-refractivity contribution in [2.75, 3.05) is 25.6 Å². The molecule has 3 heterocycles. The van der Waals surface area contributed by atoms with Crippen molar-refractivity contribution in [2.24, 2.45) is 7.05 Å². The maximum atomic E-state index is 13.7. The molecular formula is C36H37N3O3. The first-order chi connectivity index (χ1) is 20.5. The Balaban J connectivity index is 1.69. The van der Waals surface area contributed by atoms with Crippen molar-refractivity contribution in [1.29, 1.82) is 0 Å². The fraction of sp³-hybridized carbons (Fsp3) is 0.278. The van der Waals surface area contributed by atoms with Crippen LogP contribution in [0.4, 0.5) is 5.69 Å². The molecule has 0 bridgehead atoms. The van der Waals surface area contributed by atoms with Gasteiger partial charge in [-0.25, -0.2) is 4.79 Å². The molecule has 1 atom stereocenters. The zero-order chi connectivity index (χ0) is 29.3. The number of fused-ring (bicyclic) bond motifs is 2. The van der Waals surface area contributed by atoms with Crippen molar-refractivity contribution in [3.63, 3.8) is 0 Å². The summed E-state index contributed by atoms with van der Waals surface area (Å²) in [7, 11) is 6.10. The molecule has 1 unspecified atom stereocenters. The van der Waals surface area contributed by atoms with Crippen LogP contribution in [0.3, 0.4) is 0 Å². The molecule has 5 aromatic rings. The van der Waals surface area contributed by atoms with E-state index in [0.717, 1.165) is 58.2 Å². The number of carbonyl (C=O) groups is 1.